The molecule has 2 heteroatoms. The van der Waals surface area contributed by atoms with Gasteiger partial charge in [0.15, 0.2) is 0 Å². The number of benzene rings is 2. The molecule has 2 fully saturated rings. The predicted molar refractivity (Wildman–Crippen MR) is 234 cm³/mol. The molecule has 2 aromatic carbocycles. The van der Waals surface area contributed by atoms with Gasteiger partial charge in [-0.15, -0.1) is 0 Å². The highest BCUT2D eigenvalue weighted by molar-refractivity contribution is 5.23. The second-order valence-corrected chi connectivity index (χ2v) is 18.3. The van der Waals surface area contributed by atoms with Crippen molar-refractivity contribution >= 4 is 0 Å². The Morgan fingerprint density at radius 1 is 0.389 bits per heavy atom. The van der Waals surface area contributed by atoms with Gasteiger partial charge in [-0.1, -0.05) is 216 Å². The van der Waals surface area contributed by atoms with Crippen molar-refractivity contribution in [3.05, 3.63) is 70.8 Å². The van der Waals surface area contributed by atoms with Crippen molar-refractivity contribution in [2.24, 2.45) is 23.7 Å². The Labute approximate surface area is 335 Å². The molecule has 2 aromatic rings. The van der Waals surface area contributed by atoms with Gasteiger partial charge in [0, 0.05) is 0 Å². The van der Waals surface area contributed by atoms with Gasteiger partial charge in [-0.3, -0.25) is 0 Å². The Morgan fingerprint density at radius 2 is 0.667 bits per heavy atom. The van der Waals surface area contributed by atoms with Crippen molar-refractivity contribution in [1.82, 2.24) is 0 Å². The summed E-state index contributed by atoms with van der Waals surface area (Å²) in [5.41, 5.74) is 5.45. The molecule has 0 saturated heterocycles. The zero-order valence-electron chi connectivity index (χ0n) is 36.1. The zero-order valence-corrected chi connectivity index (χ0v) is 36.1. The summed E-state index contributed by atoms with van der Waals surface area (Å²) < 4.78 is 12.5. The largest absolute Gasteiger partial charge is 0.371 e. The van der Waals surface area contributed by atoms with Crippen LogP contribution in [0.3, 0.4) is 0 Å². The summed E-state index contributed by atoms with van der Waals surface area (Å²) in [5.74, 6) is 4.05. The zero-order chi connectivity index (χ0) is 38.1. The number of aryl methyl sites for hydroxylation is 2. The summed E-state index contributed by atoms with van der Waals surface area (Å²) in [6, 6.07) is 18.3. The van der Waals surface area contributed by atoms with Crippen LogP contribution in [0.2, 0.25) is 0 Å². The van der Waals surface area contributed by atoms with Crippen molar-refractivity contribution in [2.75, 3.05) is 0 Å². The first-order chi connectivity index (χ1) is 26.5. The molecular weight excluding hydrogens is 657 g/mol. The summed E-state index contributed by atoms with van der Waals surface area (Å²) in [4.78, 5) is 0. The van der Waals surface area contributed by atoms with Crippen LogP contribution in [0.25, 0.3) is 0 Å². The molecule has 0 spiro atoms. The van der Waals surface area contributed by atoms with Crippen LogP contribution >= 0.6 is 0 Å². The number of ether oxygens (including phenoxy) is 2. The van der Waals surface area contributed by atoms with Crippen LogP contribution in [0.1, 0.15) is 217 Å². The standard InChI is InChI=1S/C52H86O2/c1-5-7-9-11-13-19-45-25-29-47(30-26-45)21-15-17-23-49-33-37-51(38-34-49)41-53-43(3)44(4)54-42-52-39-35-50(36-40-52)24-18-16-22-48-31-27-46(28-32-48)20-14-12-10-8-6-2/h33-40,43-48H,5-32,41-42H2,1-4H3. The van der Waals surface area contributed by atoms with Crippen LogP contribution in [-0.2, 0) is 35.5 Å². The Kier molecular flexibility index (Phi) is 23.3. The fourth-order valence-electron chi connectivity index (χ4n) is 9.55. The summed E-state index contributed by atoms with van der Waals surface area (Å²) in [6.07, 6.45) is 40.1. The van der Waals surface area contributed by atoms with E-state index in [1.54, 1.807) is 0 Å². The van der Waals surface area contributed by atoms with E-state index in [4.69, 9.17) is 9.47 Å². The summed E-state index contributed by atoms with van der Waals surface area (Å²) in [6.45, 7) is 10.2. The maximum Gasteiger partial charge on any atom is 0.0810 e. The van der Waals surface area contributed by atoms with E-state index in [0.29, 0.717) is 13.2 Å². The quantitative estimate of drug-likeness (QED) is 0.0773. The number of hydrogen-bond acceptors (Lipinski definition) is 2. The van der Waals surface area contributed by atoms with E-state index in [0.717, 1.165) is 23.7 Å². The van der Waals surface area contributed by atoms with Gasteiger partial charge in [0.25, 0.3) is 0 Å². The lowest BCUT2D eigenvalue weighted by molar-refractivity contribution is -0.0687. The maximum atomic E-state index is 6.25. The lowest BCUT2D eigenvalue weighted by Gasteiger charge is -2.28. The van der Waals surface area contributed by atoms with E-state index in [1.807, 2.05) is 0 Å². The molecule has 4 rings (SSSR count). The molecule has 0 bridgehead atoms. The van der Waals surface area contributed by atoms with E-state index < -0.39 is 0 Å². The number of rotatable bonds is 29. The number of unbranched alkanes of at least 4 members (excludes halogenated alkanes) is 10. The third-order valence-corrected chi connectivity index (χ3v) is 13.8. The molecule has 2 unspecified atom stereocenters. The lowest BCUT2D eigenvalue weighted by Crippen LogP contribution is -2.26. The second kappa shape index (κ2) is 27.9. The highest BCUT2D eigenvalue weighted by Gasteiger charge is 2.22. The SMILES string of the molecule is CCCCCCCC1CCC(CCCCc2ccc(COC(C)C(C)OCc3ccc(CCCCC4CCC(CCCCCCC)CC4)cc3)cc2)CC1. The summed E-state index contributed by atoms with van der Waals surface area (Å²) >= 11 is 0. The first kappa shape index (κ1) is 45.1. The minimum Gasteiger partial charge on any atom is -0.371 e. The molecule has 0 aromatic heterocycles. The van der Waals surface area contributed by atoms with Gasteiger partial charge in [-0.05, 0) is 85.5 Å². The van der Waals surface area contributed by atoms with Crippen LogP contribution in [-0.4, -0.2) is 12.2 Å². The number of hydrogen-bond donors (Lipinski definition) is 0. The molecule has 0 N–H and O–H groups in total. The Balaban J connectivity index is 0.984. The van der Waals surface area contributed by atoms with Crippen molar-refractivity contribution in [3.63, 3.8) is 0 Å². The van der Waals surface area contributed by atoms with E-state index >= 15 is 0 Å². The molecule has 0 heterocycles. The molecular formula is C52H86O2. The molecule has 2 aliphatic rings. The minimum atomic E-state index is 0.0513. The third-order valence-electron chi connectivity index (χ3n) is 13.8. The van der Waals surface area contributed by atoms with Gasteiger partial charge >= 0.3 is 0 Å². The minimum absolute atomic E-state index is 0.0513. The topological polar surface area (TPSA) is 18.5 Å². The van der Waals surface area contributed by atoms with Crippen molar-refractivity contribution < 1.29 is 9.47 Å². The first-order valence-electron chi connectivity index (χ1n) is 23.9. The van der Waals surface area contributed by atoms with Crippen molar-refractivity contribution in [2.45, 2.75) is 233 Å². The molecule has 0 amide bonds. The average molecular weight is 743 g/mol. The Bertz CT molecular complexity index is 1060. The predicted octanol–water partition coefficient (Wildman–Crippen LogP) is 16.0. The van der Waals surface area contributed by atoms with Crippen molar-refractivity contribution in [1.29, 1.82) is 0 Å². The highest BCUT2D eigenvalue weighted by Crippen LogP contribution is 2.36. The van der Waals surface area contributed by atoms with Crippen LogP contribution in [0.5, 0.6) is 0 Å². The molecule has 2 nitrogen and oxygen atoms in total. The summed E-state index contributed by atoms with van der Waals surface area (Å²) in [7, 11) is 0. The van der Waals surface area contributed by atoms with E-state index in [2.05, 4.69) is 76.2 Å². The molecule has 306 valence electrons. The maximum absolute atomic E-state index is 6.25. The van der Waals surface area contributed by atoms with Crippen LogP contribution < -0.4 is 0 Å². The van der Waals surface area contributed by atoms with Gasteiger partial charge in [-0.25, -0.2) is 0 Å². The lowest BCUT2D eigenvalue weighted by atomic mass is 9.78. The molecule has 2 aliphatic carbocycles. The molecule has 54 heavy (non-hydrogen) atoms. The molecule has 0 radical (unpaired) electrons. The van der Waals surface area contributed by atoms with E-state index in [1.165, 1.54) is 202 Å². The van der Waals surface area contributed by atoms with Crippen LogP contribution in [0.4, 0.5) is 0 Å². The third kappa shape index (κ3) is 19.0. The monoisotopic (exact) mass is 743 g/mol. The van der Waals surface area contributed by atoms with Crippen LogP contribution in [0, 0.1) is 23.7 Å². The Hall–Kier alpha value is -1.64. The van der Waals surface area contributed by atoms with Gasteiger partial charge in [-0.2, -0.15) is 0 Å². The molecule has 2 saturated carbocycles. The smallest absolute Gasteiger partial charge is 0.0810 e. The van der Waals surface area contributed by atoms with Gasteiger partial charge in [0.05, 0.1) is 25.4 Å². The van der Waals surface area contributed by atoms with Gasteiger partial charge in [0.2, 0.25) is 0 Å². The fraction of sp³-hybridized carbons (Fsp3) is 0.769. The molecule has 2 atom stereocenters. The fourth-order valence-corrected chi connectivity index (χ4v) is 9.55. The van der Waals surface area contributed by atoms with Gasteiger partial charge in [0.1, 0.15) is 0 Å². The normalized spacial score (nSPS) is 21.6. The van der Waals surface area contributed by atoms with Gasteiger partial charge < -0.3 is 9.47 Å². The Morgan fingerprint density at radius 3 is 0.981 bits per heavy atom. The molecule has 0 aliphatic heterocycles. The second-order valence-electron chi connectivity index (χ2n) is 18.3. The van der Waals surface area contributed by atoms with Crippen molar-refractivity contribution in [3.8, 4) is 0 Å². The first-order valence-corrected chi connectivity index (χ1v) is 23.9. The average Bonchev–Trinajstić information content (AvgIpc) is 3.21. The highest BCUT2D eigenvalue weighted by atomic mass is 16.5. The summed E-state index contributed by atoms with van der Waals surface area (Å²) in [5, 5.41) is 0. The van der Waals surface area contributed by atoms with E-state index in [9.17, 15) is 0 Å². The van der Waals surface area contributed by atoms with Crippen LogP contribution in [0.15, 0.2) is 48.5 Å². The van der Waals surface area contributed by atoms with E-state index in [-0.39, 0.29) is 12.2 Å².